The van der Waals surface area contributed by atoms with Crippen molar-refractivity contribution >= 4 is 34.8 Å². The summed E-state index contributed by atoms with van der Waals surface area (Å²) in [5, 5.41) is 3.23. The first-order valence-corrected chi connectivity index (χ1v) is 13.6. The molecule has 2 aromatic carbocycles. The van der Waals surface area contributed by atoms with E-state index in [1.807, 2.05) is 18.2 Å². The van der Waals surface area contributed by atoms with Gasteiger partial charge < -0.3 is 19.9 Å². The number of nitrogens with zero attached hydrogens (tertiary/aromatic N) is 3. The third-order valence-corrected chi connectivity index (χ3v) is 7.91. The highest BCUT2D eigenvalue weighted by molar-refractivity contribution is 6.43. The van der Waals surface area contributed by atoms with E-state index in [1.54, 1.807) is 25.3 Å². The van der Waals surface area contributed by atoms with Gasteiger partial charge in [-0.25, -0.2) is 9.37 Å². The molecule has 0 spiro atoms. The maximum absolute atomic E-state index is 13.9. The van der Waals surface area contributed by atoms with Crippen molar-refractivity contribution in [1.82, 2.24) is 15.2 Å². The zero-order chi connectivity index (χ0) is 27.1. The number of amides is 1. The molecule has 202 valence electrons. The number of hydrogen-bond donors (Lipinski definition) is 1. The molecule has 9 heteroatoms. The van der Waals surface area contributed by atoms with E-state index in [-0.39, 0.29) is 21.9 Å². The smallest absolute Gasteiger partial charge is 0.252 e. The largest absolute Gasteiger partial charge is 0.497 e. The Kier molecular flexibility index (Phi) is 9.83. The third-order valence-electron chi connectivity index (χ3n) is 7.15. The number of benzene rings is 2. The molecule has 3 aromatic rings. The summed E-state index contributed by atoms with van der Waals surface area (Å²) in [6, 6.07) is 17.1. The number of carbonyl (C=O) groups is 1. The number of likely N-dealkylation sites (tertiary alicyclic amines) is 1. The van der Waals surface area contributed by atoms with Gasteiger partial charge in [0, 0.05) is 50.1 Å². The van der Waals surface area contributed by atoms with Crippen LogP contribution in [0.4, 0.5) is 10.1 Å². The summed E-state index contributed by atoms with van der Waals surface area (Å²) < 4.78 is 19.2. The van der Waals surface area contributed by atoms with Crippen LogP contribution in [0.2, 0.25) is 10.2 Å². The van der Waals surface area contributed by atoms with Gasteiger partial charge in [-0.3, -0.25) is 4.79 Å². The number of pyridine rings is 1. The van der Waals surface area contributed by atoms with Crippen LogP contribution in [0, 0.1) is 5.82 Å². The Morgan fingerprint density at radius 3 is 2.61 bits per heavy atom. The van der Waals surface area contributed by atoms with E-state index in [9.17, 15) is 9.18 Å². The summed E-state index contributed by atoms with van der Waals surface area (Å²) in [5.74, 6) is 0.337. The van der Waals surface area contributed by atoms with Crippen molar-refractivity contribution in [2.24, 2.45) is 0 Å². The number of carbonyl (C=O) groups excluding carboxylic acids is 1. The Bertz CT molecular complexity index is 1220. The molecule has 1 aromatic heterocycles. The first-order valence-electron chi connectivity index (χ1n) is 12.8. The fraction of sp³-hybridized carbons (Fsp3) is 0.379. The van der Waals surface area contributed by atoms with Crippen molar-refractivity contribution in [3.8, 4) is 5.75 Å². The van der Waals surface area contributed by atoms with E-state index in [4.69, 9.17) is 27.9 Å². The molecular weight excluding hydrogens is 526 g/mol. The molecule has 1 unspecified atom stereocenters. The van der Waals surface area contributed by atoms with Crippen molar-refractivity contribution < 1.29 is 13.9 Å². The monoisotopic (exact) mass is 558 g/mol. The van der Waals surface area contributed by atoms with Gasteiger partial charge in [-0.15, -0.1) is 0 Å². The lowest BCUT2D eigenvalue weighted by Crippen LogP contribution is -2.48. The molecular formula is C29H33Cl2FN4O2. The summed E-state index contributed by atoms with van der Waals surface area (Å²) in [6.07, 6.45) is 4.27. The lowest BCUT2D eigenvalue weighted by molar-refractivity contribution is 0.0945. The van der Waals surface area contributed by atoms with E-state index in [2.05, 4.69) is 39.2 Å². The molecule has 0 radical (unpaired) electrons. The van der Waals surface area contributed by atoms with Crippen molar-refractivity contribution in [3.63, 3.8) is 0 Å². The topological polar surface area (TPSA) is 57.7 Å². The van der Waals surface area contributed by atoms with Gasteiger partial charge in [-0.05, 0) is 74.2 Å². The van der Waals surface area contributed by atoms with Gasteiger partial charge in [0.1, 0.15) is 16.7 Å². The number of aromatic nitrogens is 1. The molecule has 6 nitrogen and oxygen atoms in total. The maximum atomic E-state index is 13.9. The average molecular weight is 560 g/mol. The van der Waals surface area contributed by atoms with E-state index in [0.29, 0.717) is 30.7 Å². The number of hydrogen-bond acceptors (Lipinski definition) is 5. The SMILES string of the molecule is COc1ccc(N(Cc2cccc(F)c2)C2CCN(C(C)CCNC(=O)c3ccnc(Cl)c3Cl)CC2)cc1. The predicted molar refractivity (Wildman–Crippen MR) is 151 cm³/mol. The minimum atomic E-state index is -0.252. The van der Waals surface area contributed by atoms with E-state index in [0.717, 1.165) is 49.4 Å². The minimum absolute atomic E-state index is 0.122. The Hall–Kier alpha value is -2.87. The number of methoxy groups -OCH3 is 1. The highest BCUT2D eigenvalue weighted by Gasteiger charge is 2.27. The van der Waals surface area contributed by atoms with Crippen LogP contribution in [0.15, 0.2) is 60.8 Å². The molecule has 1 N–H and O–H groups in total. The Labute approximate surface area is 233 Å². The number of anilines is 1. The molecule has 4 rings (SSSR count). The van der Waals surface area contributed by atoms with Gasteiger partial charge >= 0.3 is 0 Å². The Morgan fingerprint density at radius 2 is 1.92 bits per heavy atom. The van der Waals surface area contributed by atoms with Gasteiger partial charge in [-0.1, -0.05) is 35.3 Å². The molecule has 0 aliphatic carbocycles. The van der Waals surface area contributed by atoms with Gasteiger partial charge in [0.2, 0.25) is 0 Å². The van der Waals surface area contributed by atoms with Crippen molar-refractivity contribution in [2.45, 2.75) is 44.8 Å². The minimum Gasteiger partial charge on any atom is -0.497 e. The molecule has 2 heterocycles. The molecule has 0 bridgehead atoms. The second kappa shape index (κ2) is 13.3. The van der Waals surface area contributed by atoms with Crippen LogP contribution in [0.5, 0.6) is 5.75 Å². The van der Waals surface area contributed by atoms with Crippen LogP contribution in [-0.4, -0.2) is 54.6 Å². The second-order valence-electron chi connectivity index (χ2n) is 9.58. The van der Waals surface area contributed by atoms with Gasteiger partial charge in [0.15, 0.2) is 0 Å². The van der Waals surface area contributed by atoms with Gasteiger partial charge in [-0.2, -0.15) is 0 Å². The first kappa shape index (κ1) is 28.1. The number of rotatable bonds is 10. The molecule has 38 heavy (non-hydrogen) atoms. The average Bonchev–Trinajstić information content (AvgIpc) is 2.93. The van der Waals surface area contributed by atoms with Crippen LogP contribution in [0.25, 0.3) is 0 Å². The van der Waals surface area contributed by atoms with Crippen LogP contribution >= 0.6 is 23.2 Å². The predicted octanol–water partition coefficient (Wildman–Crippen LogP) is 6.22. The standard InChI is InChI=1S/C29H33Cl2FN4O2/c1-20(10-14-34-29(37)26-11-15-33-28(31)27(26)30)35-16-12-24(13-17-35)36(19-21-4-3-5-22(32)18-21)23-6-8-25(38-2)9-7-23/h3-9,11,15,18,20,24H,10,12-14,16-17,19H2,1-2H3,(H,34,37). The number of piperidine rings is 1. The summed E-state index contributed by atoms with van der Waals surface area (Å²) in [5.41, 5.74) is 2.37. The van der Waals surface area contributed by atoms with Crippen molar-refractivity contribution in [1.29, 1.82) is 0 Å². The van der Waals surface area contributed by atoms with E-state index >= 15 is 0 Å². The van der Waals surface area contributed by atoms with Crippen LogP contribution < -0.4 is 15.0 Å². The Balaban J connectivity index is 1.33. The maximum Gasteiger partial charge on any atom is 0.252 e. The van der Waals surface area contributed by atoms with Gasteiger partial charge in [0.05, 0.1) is 17.7 Å². The zero-order valence-corrected chi connectivity index (χ0v) is 23.2. The fourth-order valence-electron chi connectivity index (χ4n) is 4.94. The van der Waals surface area contributed by atoms with Crippen LogP contribution in [0.1, 0.15) is 42.1 Å². The van der Waals surface area contributed by atoms with Crippen LogP contribution in [0.3, 0.4) is 0 Å². The highest BCUT2D eigenvalue weighted by Crippen LogP contribution is 2.29. The number of ether oxygens (including phenoxy) is 1. The molecule has 1 saturated heterocycles. The molecule has 1 aliphatic rings. The van der Waals surface area contributed by atoms with Crippen molar-refractivity contribution in [3.05, 3.63) is 87.9 Å². The normalized spacial score (nSPS) is 15.2. The summed E-state index contributed by atoms with van der Waals surface area (Å²) in [4.78, 5) is 21.2. The molecule has 1 aliphatic heterocycles. The highest BCUT2D eigenvalue weighted by atomic mass is 35.5. The lowest BCUT2D eigenvalue weighted by atomic mass is 9.99. The van der Waals surface area contributed by atoms with E-state index < -0.39 is 0 Å². The quantitative estimate of drug-likeness (QED) is 0.299. The van der Waals surface area contributed by atoms with E-state index in [1.165, 1.54) is 12.3 Å². The third kappa shape index (κ3) is 7.16. The zero-order valence-electron chi connectivity index (χ0n) is 21.7. The number of nitrogens with one attached hydrogen (secondary N) is 1. The number of halogens is 3. The fourth-order valence-corrected chi connectivity index (χ4v) is 5.30. The summed E-state index contributed by atoms with van der Waals surface area (Å²) in [7, 11) is 1.66. The molecule has 1 atom stereocenters. The first-order chi connectivity index (χ1) is 18.4. The summed E-state index contributed by atoms with van der Waals surface area (Å²) >= 11 is 12.0. The molecule has 1 amide bonds. The second-order valence-corrected chi connectivity index (χ2v) is 10.3. The Morgan fingerprint density at radius 1 is 1.18 bits per heavy atom. The lowest BCUT2D eigenvalue weighted by Gasteiger charge is -2.42. The van der Waals surface area contributed by atoms with Crippen molar-refractivity contribution in [2.75, 3.05) is 31.6 Å². The molecule has 1 fully saturated rings. The summed E-state index contributed by atoms with van der Waals surface area (Å²) in [6.45, 7) is 5.26. The van der Waals surface area contributed by atoms with Crippen LogP contribution in [-0.2, 0) is 6.54 Å². The molecule has 0 saturated carbocycles. The van der Waals surface area contributed by atoms with Gasteiger partial charge in [0.25, 0.3) is 5.91 Å².